The summed E-state index contributed by atoms with van der Waals surface area (Å²) >= 11 is 6.15. The number of carbonyl (C=O) groups excluding carboxylic acids is 3. The third-order valence-electron chi connectivity index (χ3n) is 5.92. The molecule has 1 aromatic heterocycles. The maximum absolute atomic E-state index is 13.3. The molecule has 196 valence electrons. The summed E-state index contributed by atoms with van der Waals surface area (Å²) in [6.07, 6.45) is 1.98. The van der Waals surface area contributed by atoms with Crippen LogP contribution in [0.1, 0.15) is 41.4 Å². The highest BCUT2D eigenvalue weighted by molar-refractivity contribution is 6.42. The minimum Gasteiger partial charge on any atom is -0.494 e. The van der Waals surface area contributed by atoms with Crippen LogP contribution >= 0.6 is 11.6 Å². The van der Waals surface area contributed by atoms with Gasteiger partial charge in [0, 0.05) is 21.8 Å². The highest BCUT2D eigenvalue weighted by Gasteiger charge is 2.21. The first-order valence-electron chi connectivity index (χ1n) is 12.3. The third-order valence-corrected chi connectivity index (χ3v) is 6.16. The maximum Gasteiger partial charge on any atom is 0.328 e. The lowest BCUT2D eigenvalue weighted by Crippen LogP contribution is -2.36. The molecule has 3 amide bonds. The van der Waals surface area contributed by atoms with E-state index in [1.165, 1.54) is 4.68 Å². The molecule has 0 aliphatic heterocycles. The van der Waals surface area contributed by atoms with Crippen LogP contribution in [0.3, 0.4) is 0 Å². The summed E-state index contributed by atoms with van der Waals surface area (Å²) in [6, 6.07) is 19.0. The first-order chi connectivity index (χ1) is 18.2. The predicted octanol–water partition coefficient (Wildman–Crippen LogP) is 6.05. The van der Waals surface area contributed by atoms with Crippen LogP contribution in [0.4, 0.5) is 11.4 Å². The average Bonchev–Trinajstić information content (AvgIpc) is 3.24. The van der Waals surface area contributed by atoms with Gasteiger partial charge in [-0.05, 0) is 80.4 Å². The van der Waals surface area contributed by atoms with E-state index in [1.54, 1.807) is 48.5 Å². The number of aromatic nitrogens is 1. The van der Waals surface area contributed by atoms with Crippen molar-refractivity contribution in [3.05, 3.63) is 88.6 Å². The number of nitrogens with one attached hydrogen (secondary N) is 3. The molecule has 0 atom stereocenters. The average molecular weight is 533 g/mol. The van der Waals surface area contributed by atoms with Crippen LogP contribution in [-0.4, -0.2) is 29.0 Å². The van der Waals surface area contributed by atoms with Crippen molar-refractivity contribution < 1.29 is 19.1 Å². The molecule has 0 bridgehead atoms. The van der Waals surface area contributed by atoms with Gasteiger partial charge in [-0.25, -0.2) is 4.68 Å². The second-order valence-corrected chi connectivity index (χ2v) is 9.40. The number of amides is 3. The van der Waals surface area contributed by atoms with Gasteiger partial charge in [0.1, 0.15) is 11.4 Å². The van der Waals surface area contributed by atoms with Crippen LogP contribution in [0.5, 0.6) is 5.75 Å². The first-order valence-corrected chi connectivity index (χ1v) is 12.7. The van der Waals surface area contributed by atoms with E-state index in [9.17, 15) is 14.4 Å². The fourth-order valence-electron chi connectivity index (χ4n) is 3.92. The number of ether oxygens (including phenoxy) is 1. The molecule has 9 heteroatoms. The number of hydrogen-bond donors (Lipinski definition) is 3. The Morgan fingerprint density at radius 1 is 0.895 bits per heavy atom. The molecule has 3 aromatic carbocycles. The molecule has 0 aliphatic carbocycles. The number of carbonyl (C=O) groups is 3. The van der Waals surface area contributed by atoms with Gasteiger partial charge in [0.15, 0.2) is 0 Å². The molecule has 0 aliphatic rings. The van der Waals surface area contributed by atoms with Crippen molar-refractivity contribution >= 4 is 51.6 Å². The van der Waals surface area contributed by atoms with Crippen LogP contribution in [-0.2, 0) is 9.59 Å². The quantitative estimate of drug-likeness (QED) is 0.190. The van der Waals surface area contributed by atoms with Gasteiger partial charge in [-0.15, -0.1) is 0 Å². The van der Waals surface area contributed by atoms with Gasteiger partial charge in [0.05, 0.1) is 12.1 Å². The second-order valence-electron chi connectivity index (χ2n) is 8.96. The molecular formula is C29H29ClN4O4. The smallest absolute Gasteiger partial charge is 0.328 e. The minimum absolute atomic E-state index is 0.136. The largest absolute Gasteiger partial charge is 0.494 e. The lowest BCUT2D eigenvalue weighted by molar-refractivity contribution is -0.133. The number of aryl methyl sites for hydroxylation is 2. The number of halogens is 1. The van der Waals surface area contributed by atoms with Crippen molar-refractivity contribution in [2.45, 2.75) is 33.6 Å². The van der Waals surface area contributed by atoms with Gasteiger partial charge in [0.25, 0.3) is 5.91 Å². The van der Waals surface area contributed by atoms with E-state index in [-0.39, 0.29) is 5.69 Å². The molecule has 0 spiro atoms. The zero-order chi connectivity index (χ0) is 27.2. The predicted molar refractivity (Wildman–Crippen MR) is 151 cm³/mol. The monoisotopic (exact) mass is 532 g/mol. The molecule has 4 rings (SSSR count). The van der Waals surface area contributed by atoms with E-state index in [4.69, 9.17) is 16.3 Å². The first kappa shape index (κ1) is 26.8. The molecule has 0 fully saturated rings. The number of unbranched alkanes of at least 4 members (excludes halogenated alkanes) is 1. The molecule has 3 N–H and O–H groups in total. The number of fused-ring (bicyclic) bond motifs is 1. The Balaban J connectivity index is 1.53. The summed E-state index contributed by atoms with van der Waals surface area (Å²) in [5.41, 5.74) is 6.24. The molecule has 0 saturated carbocycles. The van der Waals surface area contributed by atoms with E-state index in [2.05, 4.69) is 23.0 Å². The second kappa shape index (κ2) is 11.8. The number of rotatable bonds is 8. The van der Waals surface area contributed by atoms with Crippen molar-refractivity contribution in [1.29, 1.82) is 0 Å². The summed E-state index contributed by atoms with van der Waals surface area (Å²) in [5.74, 6) is -1.61. The highest BCUT2D eigenvalue weighted by Crippen LogP contribution is 2.24. The maximum atomic E-state index is 13.3. The molecule has 4 aromatic rings. The Kier molecular flexibility index (Phi) is 8.33. The van der Waals surface area contributed by atoms with Crippen molar-refractivity contribution in [3.8, 4) is 5.75 Å². The van der Waals surface area contributed by atoms with Crippen LogP contribution in [0.25, 0.3) is 10.9 Å². The van der Waals surface area contributed by atoms with Crippen molar-refractivity contribution in [2.24, 2.45) is 0 Å². The summed E-state index contributed by atoms with van der Waals surface area (Å²) < 4.78 is 6.91. The SMILES string of the molecule is CCCCOc1ccc(NC(=O)C(=O)Nn2c(C(=O)Nc3ccc(C)cc3C)cc3cc(Cl)ccc32)cc1. The van der Waals surface area contributed by atoms with E-state index in [1.807, 2.05) is 32.0 Å². The Bertz CT molecular complexity index is 1490. The van der Waals surface area contributed by atoms with Gasteiger partial charge in [-0.2, -0.15) is 0 Å². The molecular weight excluding hydrogens is 504 g/mol. The summed E-state index contributed by atoms with van der Waals surface area (Å²) in [4.78, 5) is 38.8. The van der Waals surface area contributed by atoms with E-state index in [0.717, 1.165) is 24.0 Å². The molecule has 0 unspecified atom stereocenters. The van der Waals surface area contributed by atoms with Crippen LogP contribution in [0, 0.1) is 13.8 Å². The molecule has 38 heavy (non-hydrogen) atoms. The Morgan fingerprint density at radius 3 is 2.37 bits per heavy atom. The number of anilines is 2. The molecule has 0 saturated heterocycles. The third kappa shape index (κ3) is 6.33. The fourth-order valence-corrected chi connectivity index (χ4v) is 4.10. The Hall–Kier alpha value is -4.30. The Labute approximate surface area is 225 Å². The number of nitrogens with zero attached hydrogens (tertiary/aromatic N) is 1. The normalized spacial score (nSPS) is 10.7. The van der Waals surface area contributed by atoms with Crippen LogP contribution in [0.15, 0.2) is 66.7 Å². The molecule has 0 radical (unpaired) electrons. The zero-order valence-corrected chi connectivity index (χ0v) is 22.2. The molecule has 8 nitrogen and oxygen atoms in total. The van der Waals surface area contributed by atoms with Gasteiger partial charge in [0.2, 0.25) is 0 Å². The zero-order valence-electron chi connectivity index (χ0n) is 21.4. The van der Waals surface area contributed by atoms with Crippen LogP contribution in [0.2, 0.25) is 5.02 Å². The topological polar surface area (TPSA) is 101 Å². The Morgan fingerprint density at radius 2 is 1.66 bits per heavy atom. The van der Waals surface area contributed by atoms with Crippen molar-refractivity contribution in [2.75, 3.05) is 22.7 Å². The highest BCUT2D eigenvalue weighted by atomic mass is 35.5. The van der Waals surface area contributed by atoms with Crippen molar-refractivity contribution in [1.82, 2.24) is 4.68 Å². The van der Waals surface area contributed by atoms with E-state index in [0.29, 0.717) is 39.7 Å². The van der Waals surface area contributed by atoms with Crippen molar-refractivity contribution in [3.63, 3.8) is 0 Å². The van der Waals surface area contributed by atoms with Gasteiger partial charge in [-0.1, -0.05) is 42.6 Å². The van der Waals surface area contributed by atoms with E-state index >= 15 is 0 Å². The summed E-state index contributed by atoms with van der Waals surface area (Å²) in [5, 5.41) is 6.55. The lowest BCUT2D eigenvalue weighted by Gasteiger charge is -2.14. The van der Waals surface area contributed by atoms with Gasteiger partial charge < -0.3 is 15.4 Å². The molecule has 1 heterocycles. The van der Waals surface area contributed by atoms with Gasteiger partial charge in [-0.3, -0.25) is 19.8 Å². The minimum atomic E-state index is -0.943. The lowest BCUT2D eigenvalue weighted by atomic mass is 10.1. The standard InChI is InChI=1S/C29H29ClN4O4/c1-4-5-14-38-23-10-8-22(9-11-23)31-28(36)29(37)33-34-25-13-7-21(30)16-20(25)17-26(34)27(35)32-24-12-6-18(2)15-19(24)3/h6-13,15-17H,4-5,14H2,1-3H3,(H,31,36)(H,32,35)(H,33,37). The van der Waals surface area contributed by atoms with Crippen LogP contribution < -0.4 is 20.8 Å². The summed E-state index contributed by atoms with van der Waals surface area (Å²) in [7, 11) is 0. The summed E-state index contributed by atoms with van der Waals surface area (Å²) in [6.45, 7) is 6.56. The fraction of sp³-hybridized carbons (Fsp3) is 0.207. The van der Waals surface area contributed by atoms with E-state index < -0.39 is 17.7 Å². The van der Waals surface area contributed by atoms with Gasteiger partial charge >= 0.3 is 11.8 Å². The number of benzene rings is 3. The number of hydrogen-bond acceptors (Lipinski definition) is 4.